The van der Waals surface area contributed by atoms with E-state index in [4.69, 9.17) is 0 Å². The van der Waals surface area contributed by atoms with Gasteiger partial charge in [-0.25, -0.2) is 0 Å². The Morgan fingerprint density at radius 3 is 3.00 bits per heavy atom. The van der Waals surface area contributed by atoms with Gasteiger partial charge in [-0.15, -0.1) is 0 Å². The van der Waals surface area contributed by atoms with Gasteiger partial charge >= 0.3 is 0 Å². The molecule has 1 heteroatoms. The van der Waals surface area contributed by atoms with Crippen LogP contribution in [0.4, 0.5) is 0 Å². The highest BCUT2D eigenvalue weighted by molar-refractivity contribution is 5.46. The maximum Gasteiger partial charge on any atom is 0.0401 e. The van der Waals surface area contributed by atoms with Crippen LogP contribution in [-0.2, 0) is 0 Å². The molecular weight excluding hydrogens is 134 g/mol. The number of nitrogens with zero attached hydrogens (tertiary/aromatic N) is 1. The molecule has 0 radical (unpaired) electrons. The van der Waals surface area contributed by atoms with Crippen molar-refractivity contribution in [1.82, 2.24) is 4.90 Å². The molecule has 0 amide bonds. The molecule has 0 fully saturated rings. The number of hydrogen-bond donors (Lipinski definition) is 0. The third-order valence-electron chi connectivity index (χ3n) is 2.47. The van der Waals surface area contributed by atoms with Gasteiger partial charge in [-0.1, -0.05) is 12.2 Å². The van der Waals surface area contributed by atoms with Gasteiger partial charge in [0.15, 0.2) is 0 Å². The van der Waals surface area contributed by atoms with Crippen LogP contribution >= 0.6 is 0 Å². The first kappa shape index (κ1) is 6.71. The fourth-order valence-corrected chi connectivity index (χ4v) is 1.71. The zero-order valence-electron chi connectivity index (χ0n) is 7.09. The van der Waals surface area contributed by atoms with Crippen molar-refractivity contribution in [1.29, 1.82) is 0 Å². The van der Waals surface area contributed by atoms with Gasteiger partial charge in [0.25, 0.3) is 0 Å². The second-order valence-electron chi connectivity index (χ2n) is 3.24. The molecular formula is C10H13N. The van der Waals surface area contributed by atoms with Crippen molar-refractivity contribution in [2.45, 2.75) is 13.3 Å². The molecule has 0 N–H and O–H groups in total. The van der Waals surface area contributed by atoms with Crippen molar-refractivity contribution in [3.8, 4) is 0 Å². The summed E-state index contributed by atoms with van der Waals surface area (Å²) in [6.07, 6.45) is 7.89. The number of likely N-dealkylation sites (N-methyl/N-ethyl adjacent to an activating group) is 1. The quantitative estimate of drug-likeness (QED) is 0.507. The summed E-state index contributed by atoms with van der Waals surface area (Å²) >= 11 is 0. The summed E-state index contributed by atoms with van der Waals surface area (Å²) in [6, 6.07) is 0. The first-order chi connectivity index (χ1) is 5.29. The van der Waals surface area contributed by atoms with Gasteiger partial charge in [0.1, 0.15) is 0 Å². The second kappa shape index (κ2) is 2.26. The number of rotatable bonds is 0. The lowest BCUT2D eigenvalue weighted by molar-refractivity contribution is 0.468. The van der Waals surface area contributed by atoms with Gasteiger partial charge in [0.05, 0.1) is 0 Å². The third kappa shape index (κ3) is 0.917. The van der Waals surface area contributed by atoms with Gasteiger partial charge in [0.2, 0.25) is 0 Å². The molecule has 1 aliphatic heterocycles. The number of hydrogen-bond acceptors (Lipinski definition) is 1. The third-order valence-corrected chi connectivity index (χ3v) is 2.47. The lowest BCUT2D eigenvalue weighted by Crippen LogP contribution is -2.20. The van der Waals surface area contributed by atoms with Crippen LogP contribution < -0.4 is 0 Å². The molecule has 0 aromatic carbocycles. The highest BCUT2D eigenvalue weighted by Gasteiger charge is 2.17. The van der Waals surface area contributed by atoms with E-state index in [0.717, 1.165) is 13.0 Å². The van der Waals surface area contributed by atoms with Crippen LogP contribution in [-0.4, -0.2) is 18.5 Å². The van der Waals surface area contributed by atoms with E-state index >= 15 is 0 Å². The van der Waals surface area contributed by atoms with E-state index in [9.17, 15) is 0 Å². The molecule has 0 spiro atoms. The molecule has 0 unspecified atom stereocenters. The van der Waals surface area contributed by atoms with Crippen molar-refractivity contribution in [2.24, 2.45) is 0 Å². The molecule has 0 saturated heterocycles. The van der Waals surface area contributed by atoms with E-state index in [1.165, 1.54) is 16.8 Å². The zero-order valence-corrected chi connectivity index (χ0v) is 7.09. The monoisotopic (exact) mass is 147 g/mol. The Hall–Kier alpha value is -0.980. The van der Waals surface area contributed by atoms with Gasteiger partial charge in [-0.05, 0) is 30.6 Å². The minimum Gasteiger partial charge on any atom is -0.371 e. The summed E-state index contributed by atoms with van der Waals surface area (Å²) in [7, 11) is 2.15. The number of allylic oxidation sites excluding steroid dienone is 4. The predicted octanol–water partition coefficient (Wildman–Crippen LogP) is 2.09. The first-order valence-electron chi connectivity index (χ1n) is 4.07. The Kier molecular flexibility index (Phi) is 1.38. The SMILES string of the molecule is CC1=CCN(C)C2=C1CC=C2. The molecule has 0 aromatic heterocycles. The summed E-state index contributed by atoms with van der Waals surface area (Å²) < 4.78 is 0. The highest BCUT2D eigenvalue weighted by Crippen LogP contribution is 2.30. The fourth-order valence-electron chi connectivity index (χ4n) is 1.71. The lowest BCUT2D eigenvalue weighted by Gasteiger charge is -2.24. The van der Waals surface area contributed by atoms with Gasteiger partial charge in [0, 0.05) is 19.3 Å². The molecule has 0 atom stereocenters. The zero-order chi connectivity index (χ0) is 7.84. The predicted molar refractivity (Wildman–Crippen MR) is 47.2 cm³/mol. The largest absolute Gasteiger partial charge is 0.371 e. The summed E-state index contributed by atoms with van der Waals surface area (Å²) in [5, 5.41) is 0. The summed E-state index contributed by atoms with van der Waals surface area (Å²) in [5.41, 5.74) is 4.40. The van der Waals surface area contributed by atoms with Crippen molar-refractivity contribution < 1.29 is 0 Å². The molecule has 2 rings (SSSR count). The summed E-state index contributed by atoms with van der Waals surface area (Å²) in [6.45, 7) is 3.27. The van der Waals surface area contributed by atoms with E-state index in [1.807, 2.05) is 0 Å². The van der Waals surface area contributed by atoms with Crippen LogP contribution in [0, 0.1) is 0 Å². The van der Waals surface area contributed by atoms with E-state index in [2.05, 4.69) is 37.1 Å². The van der Waals surface area contributed by atoms with Crippen LogP contribution in [0.1, 0.15) is 13.3 Å². The maximum atomic E-state index is 2.30. The van der Waals surface area contributed by atoms with Crippen LogP contribution in [0.15, 0.2) is 35.1 Å². The van der Waals surface area contributed by atoms with Gasteiger partial charge in [-0.2, -0.15) is 0 Å². The topological polar surface area (TPSA) is 3.24 Å². The van der Waals surface area contributed by atoms with Crippen molar-refractivity contribution in [3.05, 3.63) is 35.1 Å². The van der Waals surface area contributed by atoms with E-state index in [0.29, 0.717) is 0 Å². The lowest BCUT2D eigenvalue weighted by atomic mass is 10.0. The Morgan fingerprint density at radius 1 is 1.45 bits per heavy atom. The van der Waals surface area contributed by atoms with Crippen molar-refractivity contribution in [3.63, 3.8) is 0 Å². The highest BCUT2D eigenvalue weighted by atomic mass is 15.1. The molecule has 0 bridgehead atoms. The fraction of sp³-hybridized carbons (Fsp3) is 0.400. The van der Waals surface area contributed by atoms with Crippen LogP contribution in [0.2, 0.25) is 0 Å². The smallest absolute Gasteiger partial charge is 0.0401 e. The van der Waals surface area contributed by atoms with E-state index in [-0.39, 0.29) is 0 Å². The molecule has 1 nitrogen and oxygen atoms in total. The molecule has 0 aromatic rings. The van der Waals surface area contributed by atoms with Crippen LogP contribution in [0.5, 0.6) is 0 Å². The van der Waals surface area contributed by atoms with Gasteiger partial charge < -0.3 is 4.90 Å². The molecule has 1 heterocycles. The average molecular weight is 147 g/mol. The molecule has 11 heavy (non-hydrogen) atoms. The molecule has 58 valence electrons. The van der Waals surface area contributed by atoms with Gasteiger partial charge in [-0.3, -0.25) is 0 Å². The molecule has 2 aliphatic rings. The Bertz CT molecular complexity index is 269. The van der Waals surface area contributed by atoms with E-state index in [1.54, 1.807) is 0 Å². The standard InChI is InChI=1S/C10H13N/c1-8-6-7-11(2)10-5-3-4-9(8)10/h3,5-6H,4,7H2,1-2H3. The van der Waals surface area contributed by atoms with Crippen LogP contribution in [0.3, 0.4) is 0 Å². The van der Waals surface area contributed by atoms with Crippen molar-refractivity contribution in [2.75, 3.05) is 13.6 Å². The Balaban J connectivity index is 2.41. The minimum absolute atomic E-state index is 1.06. The van der Waals surface area contributed by atoms with E-state index < -0.39 is 0 Å². The normalized spacial score (nSPS) is 22.4. The second-order valence-corrected chi connectivity index (χ2v) is 3.24. The Morgan fingerprint density at radius 2 is 2.27 bits per heavy atom. The summed E-state index contributed by atoms with van der Waals surface area (Å²) in [4.78, 5) is 2.30. The molecule has 0 saturated carbocycles. The van der Waals surface area contributed by atoms with Crippen molar-refractivity contribution >= 4 is 0 Å². The maximum absolute atomic E-state index is 2.30. The average Bonchev–Trinajstić information content (AvgIpc) is 2.45. The first-order valence-corrected chi connectivity index (χ1v) is 4.07. The van der Waals surface area contributed by atoms with Crippen LogP contribution in [0.25, 0.3) is 0 Å². The Labute approximate surface area is 67.7 Å². The summed E-state index contributed by atoms with van der Waals surface area (Å²) in [5.74, 6) is 0. The minimum atomic E-state index is 1.06. The molecule has 1 aliphatic carbocycles.